The molecule has 1 aromatic heterocycles. The summed E-state index contributed by atoms with van der Waals surface area (Å²) < 4.78 is 13.6. The summed E-state index contributed by atoms with van der Waals surface area (Å²) in [5.74, 6) is -0.160. The van der Waals surface area contributed by atoms with E-state index in [1.54, 1.807) is 6.07 Å². The molecule has 0 saturated heterocycles. The highest BCUT2D eigenvalue weighted by atomic mass is 19.1. The van der Waals surface area contributed by atoms with E-state index in [0.29, 0.717) is 6.04 Å². The Morgan fingerprint density at radius 2 is 2.00 bits per heavy atom. The highest BCUT2D eigenvalue weighted by Gasteiger charge is 2.25. The predicted molar refractivity (Wildman–Crippen MR) is 91.9 cm³/mol. The van der Waals surface area contributed by atoms with Crippen LogP contribution < -0.4 is 5.32 Å². The van der Waals surface area contributed by atoms with Gasteiger partial charge in [0, 0.05) is 28.7 Å². The maximum absolute atomic E-state index is 13.6. The van der Waals surface area contributed by atoms with Gasteiger partial charge in [-0.15, -0.1) is 0 Å². The maximum Gasteiger partial charge on any atom is 0.123 e. The Bertz CT molecular complexity index is 822. The molecule has 1 aliphatic rings. The minimum absolute atomic E-state index is 0.160. The van der Waals surface area contributed by atoms with Crippen molar-refractivity contribution in [2.24, 2.45) is 0 Å². The molecule has 2 atom stereocenters. The van der Waals surface area contributed by atoms with E-state index in [2.05, 4.69) is 41.5 Å². The van der Waals surface area contributed by atoms with Crippen LogP contribution in [0.4, 0.5) is 4.39 Å². The second kappa shape index (κ2) is 5.82. The van der Waals surface area contributed by atoms with Crippen molar-refractivity contribution in [3.63, 3.8) is 0 Å². The van der Waals surface area contributed by atoms with Gasteiger partial charge in [-0.2, -0.15) is 0 Å². The molecule has 0 saturated carbocycles. The van der Waals surface area contributed by atoms with Crippen LogP contribution in [-0.4, -0.2) is 4.98 Å². The molecule has 0 fully saturated rings. The average molecular weight is 308 g/mol. The van der Waals surface area contributed by atoms with Crippen molar-refractivity contribution in [3.8, 4) is 0 Å². The molecule has 23 heavy (non-hydrogen) atoms. The smallest absolute Gasteiger partial charge is 0.123 e. The van der Waals surface area contributed by atoms with E-state index in [1.165, 1.54) is 22.9 Å². The molecular formula is C20H21FN2. The number of fused-ring (bicyclic) bond motifs is 3. The summed E-state index contributed by atoms with van der Waals surface area (Å²) in [4.78, 5) is 3.52. The normalized spacial score (nSPS) is 18.8. The van der Waals surface area contributed by atoms with Crippen LogP contribution in [-0.2, 0) is 6.42 Å². The van der Waals surface area contributed by atoms with Crippen LogP contribution in [0.3, 0.4) is 0 Å². The van der Waals surface area contributed by atoms with Crippen molar-refractivity contribution in [1.82, 2.24) is 10.3 Å². The van der Waals surface area contributed by atoms with E-state index >= 15 is 0 Å². The first-order chi connectivity index (χ1) is 11.2. The maximum atomic E-state index is 13.6. The van der Waals surface area contributed by atoms with Gasteiger partial charge in [0.1, 0.15) is 5.82 Å². The summed E-state index contributed by atoms with van der Waals surface area (Å²) in [7, 11) is 0. The molecule has 0 aliphatic heterocycles. The second-order valence-corrected chi connectivity index (χ2v) is 6.45. The molecule has 0 radical (unpaired) electrons. The van der Waals surface area contributed by atoms with Crippen LogP contribution in [0.25, 0.3) is 10.9 Å². The summed E-state index contributed by atoms with van der Waals surface area (Å²) in [6.45, 7) is 2.20. The number of hydrogen-bond donors (Lipinski definition) is 2. The van der Waals surface area contributed by atoms with Crippen LogP contribution in [0.1, 0.15) is 48.7 Å². The van der Waals surface area contributed by atoms with Gasteiger partial charge in [-0.05, 0) is 55.5 Å². The Hall–Kier alpha value is -2.13. The lowest BCUT2D eigenvalue weighted by molar-refractivity contribution is 0.410. The lowest BCUT2D eigenvalue weighted by Crippen LogP contribution is -2.27. The Morgan fingerprint density at radius 1 is 1.17 bits per heavy atom. The standard InChI is InChI=1S/C20H21FN2/c1-13(14-6-3-2-4-7-14)22-19-9-5-8-16-17-12-15(21)10-11-18(17)23-20(16)19/h2-4,6-7,10-13,19,22-23H,5,8-9H2,1H3/t13-,19?/m1/s1. The fourth-order valence-electron chi connectivity index (χ4n) is 3.74. The van der Waals surface area contributed by atoms with Crippen molar-refractivity contribution in [1.29, 1.82) is 0 Å². The van der Waals surface area contributed by atoms with Gasteiger partial charge < -0.3 is 10.3 Å². The third-order valence-corrected chi connectivity index (χ3v) is 4.92. The van der Waals surface area contributed by atoms with E-state index in [9.17, 15) is 4.39 Å². The third-order valence-electron chi connectivity index (χ3n) is 4.92. The molecule has 2 aromatic carbocycles. The zero-order valence-corrected chi connectivity index (χ0v) is 13.3. The van der Waals surface area contributed by atoms with Crippen molar-refractivity contribution in [2.45, 2.75) is 38.3 Å². The van der Waals surface area contributed by atoms with Crippen LogP contribution in [0.5, 0.6) is 0 Å². The van der Waals surface area contributed by atoms with E-state index in [1.807, 2.05) is 12.1 Å². The van der Waals surface area contributed by atoms with Crippen molar-refractivity contribution < 1.29 is 4.39 Å². The van der Waals surface area contributed by atoms with Crippen LogP contribution in [0.2, 0.25) is 0 Å². The number of benzene rings is 2. The molecule has 1 heterocycles. The largest absolute Gasteiger partial charge is 0.357 e. The Morgan fingerprint density at radius 3 is 2.83 bits per heavy atom. The molecule has 3 aromatic rings. The average Bonchev–Trinajstić information content (AvgIpc) is 2.95. The highest BCUT2D eigenvalue weighted by Crippen LogP contribution is 2.36. The molecular weight excluding hydrogens is 287 g/mol. The van der Waals surface area contributed by atoms with E-state index in [0.717, 1.165) is 30.2 Å². The summed E-state index contributed by atoms with van der Waals surface area (Å²) in [6, 6.07) is 16.1. The fraction of sp³-hybridized carbons (Fsp3) is 0.300. The second-order valence-electron chi connectivity index (χ2n) is 6.45. The van der Waals surface area contributed by atoms with Gasteiger partial charge in [-0.25, -0.2) is 4.39 Å². The number of hydrogen-bond acceptors (Lipinski definition) is 1. The Kier molecular flexibility index (Phi) is 3.66. The predicted octanol–water partition coefficient (Wildman–Crippen LogP) is 5.04. The number of rotatable bonds is 3. The van der Waals surface area contributed by atoms with Gasteiger partial charge in [0.25, 0.3) is 0 Å². The van der Waals surface area contributed by atoms with E-state index in [-0.39, 0.29) is 11.9 Å². The SMILES string of the molecule is C[C@@H](NC1CCCc2c1[nH]c1ccc(F)cc21)c1ccccc1. The highest BCUT2D eigenvalue weighted by molar-refractivity contribution is 5.85. The zero-order valence-electron chi connectivity index (χ0n) is 13.3. The van der Waals surface area contributed by atoms with Gasteiger partial charge >= 0.3 is 0 Å². The topological polar surface area (TPSA) is 27.8 Å². The first kappa shape index (κ1) is 14.5. The van der Waals surface area contributed by atoms with Gasteiger partial charge in [0.15, 0.2) is 0 Å². The third kappa shape index (κ3) is 2.66. The number of H-pyrrole nitrogens is 1. The summed E-state index contributed by atoms with van der Waals surface area (Å²) >= 11 is 0. The molecule has 3 heteroatoms. The molecule has 118 valence electrons. The minimum Gasteiger partial charge on any atom is -0.357 e. The van der Waals surface area contributed by atoms with Crippen molar-refractivity contribution in [3.05, 3.63) is 71.2 Å². The molecule has 1 unspecified atom stereocenters. The van der Waals surface area contributed by atoms with Crippen molar-refractivity contribution >= 4 is 10.9 Å². The van der Waals surface area contributed by atoms with Gasteiger partial charge in [0.05, 0.1) is 0 Å². The zero-order chi connectivity index (χ0) is 15.8. The molecule has 0 spiro atoms. The molecule has 0 bridgehead atoms. The molecule has 2 nitrogen and oxygen atoms in total. The molecule has 1 aliphatic carbocycles. The molecule has 0 amide bonds. The van der Waals surface area contributed by atoms with Crippen molar-refractivity contribution in [2.75, 3.05) is 0 Å². The van der Waals surface area contributed by atoms with Gasteiger partial charge in [-0.3, -0.25) is 0 Å². The minimum atomic E-state index is -0.160. The fourth-order valence-corrected chi connectivity index (χ4v) is 3.74. The molecule has 2 N–H and O–H groups in total. The lowest BCUT2D eigenvalue weighted by Gasteiger charge is -2.27. The van der Waals surface area contributed by atoms with Gasteiger partial charge in [-0.1, -0.05) is 30.3 Å². The van der Waals surface area contributed by atoms with Gasteiger partial charge in [0.2, 0.25) is 0 Å². The number of aromatic nitrogens is 1. The first-order valence-electron chi connectivity index (χ1n) is 8.33. The first-order valence-corrected chi connectivity index (χ1v) is 8.33. The van der Waals surface area contributed by atoms with Crippen LogP contribution >= 0.6 is 0 Å². The van der Waals surface area contributed by atoms with E-state index < -0.39 is 0 Å². The van der Waals surface area contributed by atoms with E-state index in [4.69, 9.17) is 0 Å². The molecule has 4 rings (SSSR count). The quantitative estimate of drug-likeness (QED) is 0.697. The number of aromatic amines is 1. The summed E-state index contributed by atoms with van der Waals surface area (Å²) in [5, 5.41) is 4.78. The Balaban J connectivity index is 1.66. The lowest BCUT2D eigenvalue weighted by atomic mass is 9.91. The van der Waals surface area contributed by atoms with Crippen LogP contribution in [0, 0.1) is 5.82 Å². The Labute approximate surface area is 135 Å². The number of nitrogens with one attached hydrogen (secondary N) is 2. The monoisotopic (exact) mass is 308 g/mol. The van der Waals surface area contributed by atoms with Crippen LogP contribution in [0.15, 0.2) is 48.5 Å². The number of halogens is 1. The summed E-state index contributed by atoms with van der Waals surface area (Å²) in [6.07, 6.45) is 3.27. The number of aryl methyl sites for hydroxylation is 1. The summed E-state index contributed by atoms with van der Waals surface area (Å²) in [5.41, 5.74) is 4.85.